The van der Waals surface area contributed by atoms with Crippen LogP contribution in [0.5, 0.6) is 0 Å². The van der Waals surface area contributed by atoms with Gasteiger partial charge < -0.3 is 10.4 Å². The average Bonchev–Trinajstić information content (AvgIpc) is 2.85. The summed E-state index contributed by atoms with van der Waals surface area (Å²) in [5.41, 5.74) is 3.95. The highest BCUT2D eigenvalue weighted by Crippen LogP contribution is 2.28. The number of carboxylic acids is 1. The van der Waals surface area contributed by atoms with Crippen LogP contribution in [-0.2, 0) is 4.79 Å². The molecule has 0 aliphatic rings. The molecule has 1 unspecified atom stereocenters. The summed E-state index contributed by atoms with van der Waals surface area (Å²) in [5, 5.41) is 12.4. The Hall–Kier alpha value is -3.68. The molecule has 0 aliphatic carbocycles. The molecule has 2 N–H and O–H groups in total. The number of nitrogens with zero attached hydrogens (tertiary/aromatic N) is 3. The Balaban J connectivity index is 1.73. The van der Waals surface area contributed by atoms with E-state index in [9.17, 15) is 14.7 Å². The monoisotopic (exact) mass is 524 g/mol. The molecule has 1 aromatic heterocycles. The van der Waals surface area contributed by atoms with E-state index in [0.717, 1.165) is 22.5 Å². The average molecular weight is 525 g/mol. The highest BCUT2D eigenvalue weighted by atomic mass is 35.5. The molecule has 186 valence electrons. The predicted octanol–water partition coefficient (Wildman–Crippen LogP) is 6.52. The molecule has 0 spiro atoms. The summed E-state index contributed by atoms with van der Waals surface area (Å²) in [4.78, 5) is 35.0. The van der Waals surface area contributed by atoms with E-state index < -0.39 is 17.9 Å². The van der Waals surface area contributed by atoms with Gasteiger partial charge in [-0.1, -0.05) is 59.1 Å². The van der Waals surface area contributed by atoms with Gasteiger partial charge in [-0.25, -0.2) is 14.8 Å². The number of rotatable bonds is 9. The van der Waals surface area contributed by atoms with Gasteiger partial charge in [0.1, 0.15) is 6.04 Å². The summed E-state index contributed by atoms with van der Waals surface area (Å²) in [5.74, 6) is -1.24. The number of amides is 1. The maximum Gasteiger partial charge on any atom is 0.326 e. The van der Waals surface area contributed by atoms with Gasteiger partial charge in [-0.15, -0.1) is 0 Å². The summed E-state index contributed by atoms with van der Waals surface area (Å²) in [6, 6.07) is 13.0. The Morgan fingerprint density at radius 2 is 1.61 bits per heavy atom. The predicted molar refractivity (Wildman–Crippen MR) is 144 cm³/mol. The van der Waals surface area contributed by atoms with Crippen LogP contribution in [0.1, 0.15) is 43.1 Å². The van der Waals surface area contributed by atoms with Crippen molar-refractivity contribution in [2.45, 2.75) is 33.2 Å². The first-order valence-electron chi connectivity index (χ1n) is 11.1. The van der Waals surface area contributed by atoms with Crippen LogP contribution >= 0.6 is 23.2 Å². The van der Waals surface area contributed by atoms with Crippen molar-refractivity contribution in [3.63, 3.8) is 0 Å². The normalized spacial score (nSPS) is 11.7. The number of benzene rings is 2. The molecule has 1 heterocycles. The summed E-state index contributed by atoms with van der Waals surface area (Å²) in [6.07, 6.45) is 6.96. The second-order valence-electron chi connectivity index (χ2n) is 8.16. The van der Waals surface area contributed by atoms with E-state index in [2.05, 4.69) is 15.3 Å². The second-order valence-corrected chi connectivity index (χ2v) is 8.97. The maximum atomic E-state index is 12.6. The molecule has 0 saturated heterocycles. The van der Waals surface area contributed by atoms with Crippen LogP contribution < -0.4 is 10.2 Å². The molecular weight excluding hydrogens is 499 g/mol. The second kappa shape index (κ2) is 12.3. The quantitative estimate of drug-likeness (QED) is 0.330. The third-order valence-electron chi connectivity index (χ3n) is 5.44. The van der Waals surface area contributed by atoms with Gasteiger partial charge in [-0.2, -0.15) is 0 Å². The standard InChI is InChI=1S/C27H26Cl2N4O3/c1-17(2)18(3)33(27-30-15-6-16-31-27)20-13-11-19(12-14-20)7-4-10-23(26(35)36)32-25(34)24-21(28)8-5-9-22(24)29/h4-9,11-16,23H,10H2,1-3H3,(H,32,34)(H,35,36). The smallest absolute Gasteiger partial charge is 0.326 e. The number of hydrogen-bond acceptors (Lipinski definition) is 5. The first kappa shape index (κ1) is 26.9. The van der Waals surface area contributed by atoms with E-state index >= 15 is 0 Å². The Bertz CT molecular complexity index is 1270. The first-order chi connectivity index (χ1) is 17.2. The number of carbonyl (C=O) groups is 2. The van der Waals surface area contributed by atoms with E-state index in [1.54, 1.807) is 36.7 Å². The third kappa shape index (κ3) is 6.71. The van der Waals surface area contributed by atoms with Crippen molar-refractivity contribution < 1.29 is 14.7 Å². The fourth-order valence-corrected chi connectivity index (χ4v) is 3.90. The van der Waals surface area contributed by atoms with Crippen molar-refractivity contribution in [2.24, 2.45) is 0 Å². The van der Waals surface area contributed by atoms with Gasteiger partial charge in [0.25, 0.3) is 5.91 Å². The molecule has 1 atom stereocenters. The van der Waals surface area contributed by atoms with Gasteiger partial charge in [-0.3, -0.25) is 9.69 Å². The van der Waals surface area contributed by atoms with E-state index in [0.29, 0.717) is 5.95 Å². The van der Waals surface area contributed by atoms with Gasteiger partial charge >= 0.3 is 5.97 Å². The summed E-state index contributed by atoms with van der Waals surface area (Å²) in [6.45, 7) is 6.06. The van der Waals surface area contributed by atoms with Gasteiger partial charge in [0.15, 0.2) is 0 Å². The van der Waals surface area contributed by atoms with Crippen molar-refractivity contribution in [3.8, 4) is 0 Å². The number of hydrogen-bond donors (Lipinski definition) is 2. The van der Waals surface area contributed by atoms with Crippen LogP contribution in [0.2, 0.25) is 10.0 Å². The maximum absolute atomic E-state index is 12.6. The van der Waals surface area contributed by atoms with E-state index in [4.69, 9.17) is 23.2 Å². The Labute approximate surface area is 220 Å². The fraction of sp³-hybridized carbons (Fsp3) is 0.185. The lowest BCUT2D eigenvalue weighted by Crippen LogP contribution is -2.40. The number of nitrogens with one attached hydrogen (secondary N) is 1. The summed E-state index contributed by atoms with van der Waals surface area (Å²) >= 11 is 12.1. The molecule has 0 saturated carbocycles. The number of aromatic nitrogens is 2. The van der Waals surface area contributed by atoms with Gasteiger partial charge in [-0.05, 0) is 63.1 Å². The molecule has 2 aromatic carbocycles. The molecule has 0 fully saturated rings. The fourth-order valence-electron chi connectivity index (χ4n) is 3.33. The Morgan fingerprint density at radius 3 is 2.17 bits per heavy atom. The van der Waals surface area contributed by atoms with Gasteiger partial charge in [0.05, 0.1) is 15.6 Å². The van der Waals surface area contributed by atoms with Crippen LogP contribution in [0.3, 0.4) is 0 Å². The van der Waals surface area contributed by atoms with E-state index in [1.165, 1.54) is 12.1 Å². The number of halogens is 2. The Morgan fingerprint density at radius 1 is 1.00 bits per heavy atom. The molecule has 0 bridgehead atoms. The van der Waals surface area contributed by atoms with Crippen molar-refractivity contribution in [1.29, 1.82) is 0 Å². The largest absolute Gasteiger partial charge is 0.480 e. The molecule has 36 heavy (non-hydrogen) atoms. The molecule has 0 aliphatic heterocycles. The van der Waals surface area contributed by atoms with Crippen molar-refractivity contribution in [3.05, 3.63) is 99.4 Å². The van der Waals surface area contributed by atoms with Crippen LogP contribution in [0.4, 0.5) is 11.6 Å². The lowest BCUT2D eigenvalue weighted by Gasteiger charge is -2.24. The number of anilines is 2. The van der Waals surface area contributed by atoms with Crippen LogP contribution in [0.15, 0.2) is 78.3 Å². The highest BCUT2D eigenvalue weighted by Gasteiger charge is 2.22. The third-order valence-corrected chi connectivity index (χ3v) is 6.07. The number of aliphatic carboxylic acids is 1. The minimum atomic E-state index is -1.16. The van der Waals surface area contributed by atoms with Crippen LogP contribution in [0.25, 0.3) is 6.08 Å². The van der Waals surface area contributed by atoms with E-state index in [-0.39, 0.29) is 22.0 Å². The topological polar surface area (TPSA) is 95.4 Å². The van der Waals surface area contributed by atoms with Crippen molar-refractivity contribution >= 4 is 52.8 Å². The zero-order valence-electron chi connectivity index (χ0n) is 20.1. The highest BCUT2D eigenvalue weighted by molar-refractivity contribution is 6.39. The number of carboxylic acid groups (broad SMARTS) is 1. The molecule has 0 radical (unpaired) electrons. The first-order valence-corrected chi connectivity index (χ1v) is 11.9. The number of carbonyl (C=O) groups excluding carboxylic acids is 1. The zero-order chi connectivity index (χ0) is 26.2. The molecule has 3 aromatic rings. The SMILES string of the molecule is CC(C)=C(C)N(c1ccc(C=CCC(NC(=O)c2c(Cl)cccc2Cl)C(=O)O)cc1)c1ncccn1. The van der Waals surface area contributed by atoms with Crippen LogP contribution in [-0.4, -0.2) is 33.0 Å². The van der Waals surface area contributed by atoms with Gasteiger partial charge in [0, 0.05) is 23.8 Å². The lowest BCUT2D eigenvalue weighted by molar-refractivity contribution is -0.139. The van der Waals surface area contributed by atoms with E-state index in [1.807, 2.05) is 49.9 Å². The minimum absolute atomic E-state index is 0.0465. The molecular formula is C27H26Cl2N4O3. The van der Waals surface area contributed by atoms with Crippen molar-refractivity contribution in [1.82, 2.24) is 15.3 Å². The molecule has 3 rings (SSSR count). The van der Waals surface area contributed by atoms with Crippen LogP contribution in [0, 0.1) is 0 Å². The summed E-state index contributed by atoms with van der Waals surface area (Å²) < 4.78 is 0. The molecule has 7 nitrogen and oxygen atoms in total. The lowest BCUT2D eigenvalue weighted by atomic mass is 10.1. The number of allylic oxidation sites excluding steroid dienone is 2. The molecule has 1 amide bonds. The zero-order valence-corrected chi connectivity index (χ0v) is 21.6. The molecule has 9 heteroatoms. The summed E-state index contributed by atoms with van der Waals surface area (Å²) in [7, 11) is 0. The van der Waals surface area contributed by atoms with Crippen molar-refractivity contribution in [2.75, 3.05) is 4.90 Å². The minimum Gasteiger partial charge on any atom is -0.480 e. The Kier molecular flexibility index (Phi) is 9.22. The van der Waals surface area contributed by atoms with Gasteiger partial charge in [0.2, 0.25) is 5.95 Å².